The van der Waals surface area contributed by atoms with Crippen LogP contribution in [0, 0.1) is 0 Å². The molecule has 0 aliphatic carbocycles. The molecule has 0 radical (unpaired) electrons. The monoisotopic (exact) mass is 179 g/mol. The van der Waals surface area contributed by atoms with E-state index in [1.165, 1.54) is 10.9 Å². The molecule has 0 saturated carbocycles. The van der Waals surface area contributed by atoms with Gasteiger partial charge in [-0.2, -0.15) is 0 Å². The lowest BCUT2D eigenvalue weighted by atomic mass is 10.0. The molecule has 1 aromatic carbocycles. The third-order valence-corrected chi connectivity index (χ3v) is 2.53. The molecular weight excluding hydrogens is 165 g/mol. The smallest absolute Gasteiger partial charge is 0.0390 e. The molecule has 0 aliphatic heterocycles. The van der Waals surface area contributed by atoms with Crippen molar-refractivity contribution in [2.24, 2.45) is 0 Å². The topological polar surface area (TPSA) is 26.0 Å². The fourth-order valence-electron chi connectivity index (χ4n) is 1.34. The minimum atomic E-state index is 0.813. The van der Waals surface area contributed by atoms with Crippen molar-refractivity contribution in [1.82, 2.24) is 0 Å². The molecule has 1 atom stereocenters. The lowest BCUT2D eigenvalue weighted by molar-refractivity contribution is 1.15. The second-order valence-corrected chi connectivity index (χ2v) is 3.32. The van der Waals surface area contributed by atoms with Crippen LogP contribution in [-0.2, 0) is 6.42 Å². The van der Waals surface area contributed by atoms with Gasteiger partial charge in [0.15, 0.2) is 0 Å². The lowest BCUT2D eigenvalue weighted by Gasteiger charge is -2.09. The van der Waals surface area contributed by atoms with E-state index in [2.05, 4.69) is 22.7 Å². The van der Waals surface area contributed by atoms with Gasteiger partial charge in [-0.3, -0.25) is 0 Å². The fraction of sp³-hybridized carbons (Fsp3) is 0.200. The first-order chi connectivity index (χ1) is 5.70. The highest BCUT2D eigenvalue weighted by molar-refractivity contribution is 7.27. The van der Waals surface area contributed by atoms with Crippen LogP contribution >= 0.6 is 9.24 Å². The Morgan fingerprint density at radius 1 is 1.58 bits per heavy atom. The number of nitrogen functional groups attached to an aromatic ring is 1. The molecule has 64 valence electrons. The Morgan fingerprint density at radius 3 is 2.67 bits per heavy atom. The molecule has 0 aliphatic rings. The minimum Gasteiger partial charge on any atom is -0.398 e. The summed E-state index contributed by atoms with van der Waals surface area (Å²) in [5, 5.41) is 1.21. The van der Waals surface area contributed by atoms with Crippen LogP contribution in [0.25, 0.3) is 6.08 Å². The maximum absolute atomic E-state index is 5.80. The van der Waals surface area contributed by atoms with Crippen LogP contribution < -0.4 is 11.0 Å². The second kappa shape index (κ2) is 3.73. The molecule has 2 heteroatoms. The molecule has 0 heterocycles. The molecule has 12 heavy (non-hydrogen) atoms. The fourth-order valence-corrected chi connectivity index (χ4v) is 1.79. The molecule has 0 aromatic heterocycles. The summed E-state index contributed by atoms with van der Waals surface area (Å²) in [6, 6.07) is 3.93. The molecule has 1 aromatic rings. The highest BCUT2D eigenvalue weighted by Crippen LogP contribution is 2.18. The largest absolute Gasteiger partial charge is 0.398 e. The molecule has 1 rings (SSSR count). The quantitative estimate of drug-likeness (QED) is 0.545. The summed E-state index contributed by atoms with van der Waals surface area (Å²) in [6.07, 6.45) is 2.81. The van der Waals surface area contributed by atoms with Crippen LogP contribution in [0.2, 0.25) is 0 Å². The Hall–Kier alpha value is -0.810. The van der Waals surface area contributed by atoms with E-state index in [0.29, 0.717) is 0 Å². The van der Waals surface area contributed by atoms with Crippen molar-refractivity contribution in [2.75, 3.05) is 5.73 Å². The average Bonchev–Trinajstić information content (AvgIpc) is 2.08. The zero-order chi connectivity index (χ0) is 9.14. The van der Waals surface area contributed by atoms with Gasteiger partial charge in [0, 0.05) is 11.3 Å². The molecule has 0 spiro atoms. The van der Waals surface area contributed by atoms with Gasteiger partial charge in [-0.25, -0.2) is 0 Å². The predicted octanol–water partition coefficient (Wildman–Crippen LogP) is 1.97. The molecule has 1 unspecified atom stereocenters. The molecule has 1 nitrogen and oxygen atoms in total. The van der Waals surface area contributed by atoms with Crippen molar-refractivity contribution < 1.29 is 0 Å². The van der Waals surface area contributed by atoms with Gasteiger partial charge < -0.3 is 5.73 Å². The SMILES string of the molecule is C=Cc1c(N)ccc(P)c1CC. The number of nitrogens with two attached hydrogens (primary N) is 1. The van der Waals surface area contributed by atoms with Crippen LogP contribution in [0.15, 0.2) is 18.7 Å². The molecule has 2 N–H and O–H groups in total. The van der Waals surface area contributed by atoms with E-state index in [1.54, 1.807) is 0 Å². The third kappa shape index (κ3) is 1.51. The Morgan fingerprint density at radius 2 is 2.25 bits per heavy atom. The van der Waals surface area contributed by atoms with Crippen molar-refractivity contribution in [2.45, 2.75) is 13.3 Å². The summed E-state index contributed by atoms with van der Waals surface area (Å²) in [6.45, 7) is 5.87. The van der Waals surface area contributed by atoms with Crippen LogP contribution in [0.5, 0.6) is 0 Å². The van der Waals surface area contributed by atoms with E-state index < -0.39 is 0 Å². The van der Waals surface area contributed by atoms with Crippen LogP contribution in [0.1, 0.15) is 18.1 Å². The van der Waals surface area contributed by atoms with Crippen LogP contribution in [-0.4, -0.2) is 0 Å². The van der Waals surface area contributed by atoms with Gasteiger partial charge >= 0.3 is 0 Å². The third-order valence-electron chi connectivity index (χ3n) is 1.98. The number of benzene rings is 1. The normalized spacial score (nSPS) is 9.83. The van der Waals surface area contributed by atoms with Crippen molar-refractivity contribution in [3.8, 4) is 0 Å². The number of rotatable bonds is 2. The van der Waals surface area contributed by atoms with Gasteiger partial charge in [-0.15, -0.1) is 9.24 Å². The maximum atomic E-state index is 5.80. The van der Waals surface area contributed by atoms with Crippen molar-refractivity contribution >= 4 is 26.3 Å². The number of hydrogen-bond acceptors (Lipinski definition) is 1. The second-order valence-electron chi connectivity index (χ2n) is 2.69. The Labute approximate surface area is 75.9 Å². The van der Waals surface area contributed by atoms with Crippen LogP contribution in [0.3, 0.4) is 0 Å². The first-order valence-corrected chi connectivity index (χ1v) is 4.57. The Balaban J connectivity index is 3.38. The maximum Gasteiger partial charge on any atom is 0.0390 e. The van der Waals surface area contributed by atoms with Crippen molar-refractivity contribution in [3.63, 3.8) is 0 Å². The summed E-state index contributed by atoms with van der Waals surface area (Å²) < 4.78 is 0. The molecular formula is C10H14NP. The van der Waals surface area contributed by atoms with E-state index in [0.717, 1.165) is 17.7 Å². The molecule has 0 saturated heterocycles. The molecule has 0 amide bonds. The van der Waals surface area contributed by atoms with Gasteiger partial charge in [-0.05, 0) is 23.4 Å². The number of anilines is 1. The van der Waals surface area contributed by atoms with Gasteiger partial charge in [0.25, 0.3) is 0 Å². The molecule has 0 fully saturated rings. The van der Waals surface area contributed by atoms with Crippen molar-refractivity contribution in [3.05, 3.63) is 29.8 Å². The molecule has 0 bridgehead atoms. The summed E-state index contributed by atoms with van der Waals surface area (Å²) >= 11 is 0. The Bertz CT molecular complexity index is 305. The highest BCUT2D eigenvalue weighted by atomic mass is 31.0. The first kappa shape index (κ1) is 9.28. The van der Waals surface area contributed by atoms with E-state index in [9.17, 15) is 0 Å². The zero-order valence-corrected chi connectivity index (χ0v) is 8.46. The van der Waals surface area contributed by atoms with Gasteiger partial charge in [-0.1, -0.05) is 25.6 Å². The Kier molecular flexibility index (Phi) is 2.88. The summed E-state index contributed by atoms with van der Waals surface area (Å²) in [5.74, 6) is 0. The average molecular weight is 179 g/mol. The standard InChI is InChI=1S/C10H14NP/c1-3-7-8(4-2)10(12)6-5-9(7)11/h3,5-6H,1,4,11-12H2,2H3. The van der Waals surface area contributed by atoms with Crippen molar-refractivity contribution in [1.29, 1.82) is 0 Å². The zero-order valence-electron chi connectivity index (χ0n) is 7.30. The number of hydrogen-bond donors (Lipinski definition) is 1. The predicted molar refractivity (Wildman–Crippen MR) is 59.7 cm³/mol. The minimum absolute atomic E-state index is 0.813. The van der Waals surface area contributed by atoms with E-state index in [4.69, 9.17) is 5.73 Å². The highest BCUT2D eigenvalue weighted by Gasteiger charge is 2.03. The van der Waals surface area contributed by atoms with Gasteiger partial charge in [0.1, 0.15) is 0 Å². The lowest BCUT2D eigenvalue weighted by Crippen LogP contribution is -2.05. The van der Waals surface area contributed by atoms with E-state index in [-0.39, 0.29) is 0 Å². The van der Waals surface area contributed by atoms with Crippen LogP contribution in [0.4, 0.5) is 5.69 Å². The summed E-state index contributed by atoms with van der Waals surface area (Å²) in [4.78, 5) is 0. The van der Waals surface area contributed by atoms with Gasteiger partial charge in [0.2, 0.25) is 0 Å². The first-order valence-electron chi connectivity index (χ1n) is 4.00. The van der Waals surface area contributed by atoms with E-state index >= 15 is 0 Å². The van der Waals surface area contributed by atoms with E-state index in [1.807, 2.05) is 18.2 Å². The van der Waals surface area contributed by atoms with Gasteiger partial charge in [0.05, 0.1) is 0 Å². The summed E-state index contributed by atoms with van der Waals surface area (Å²) in [5.41, 5.74) is 8.96. The summed E-state index contributed by atoms with van der Waals surface area (Å²) in [7, 11) is 2.71.